The smallest absolute Gasteiger partial charge is 0.424 e. The summed E-state index contributed by atoms with van der Waals surface area (Å²) in [7, 11) is 0. The maximum atomic E-state index is 13.1. The van der Waals surface area contributed by atoms with E-state index >= 15 is 0 Å². The Morgan fingerprint density at radius 3 is 2.34 bits per heavy atom. The van der Waals surface area contributed by atoms with E-state index in [-0.39, 0.29) is 51.0 Å². The van der Waals surface area contributed by atoms with Gasteiger partial charge in [0.25, 0.3) is 5.91 Å². The number of carbonyl (C=O) groups is 5. The van der Waals surface area contributed by atoms with Gasteiger partial charge in [-0.1, -0.05) is 0 Å². The van der Waals surface area contributed by atoms with Gasteiger partial charge in [0, 0.05) is 25.2 Å². The molecule has 11 heteroatoms. The van der Waals surface area contributed by atoms with Crippen LogP contribution in [0.5, 0.6) is 5.75 Å². The van der Waals surface area contributed by atoms with E-state index in [4.69, 9.17) is 14.2 Å². The first-order valence-electron chi connectivity index (χ1n) is 11.5. The molecule has 1 aromatic carbocycles. The Bertz CT molecular complexity index is 985. The first-order chi connectivity index (χ1) is 16.5. The summed E-state index contributed by atoms with van der Waals surface area (Å²) in [5, 5.41) is 0. The number of amides is 5. The van der Waals surface area contributed by atoms with Crippen molar-refractivity contribution in [2.45, 2.75) is 52.2 Å². The second-order valence-corrected chi connectivity index (χ2v) is 9.33. The van der Waals surface area contributed by atoms with Gasteiger partial charge in [-0.2, -0.15) is 4.90 Å². The third-order valence-electron chi connectivity index (χ3n) is 5.33. The minimum absolute atomic E-state index is 0.0401. The second-order valence-electron chi connectivity index (χ2n) is 9.33. The Labute approximate surface area is 203 Å². The summed E-state index contributed by atoms with van der Waals surface area (Å²) in [6.45, 7) is 7.59. The van der Waals surface area contributed by atoms with Gasteiger partial charge in [0.1, 0.15) is 30.6 Å². The number of anilines is 1. The van der Waals surface area contributed by atoms with Gasteiger partial charge in [-0.05, 0) is 58.4 Å². The van der Waals surface area contributed by atoms with Crippen molar-refractivity contribution in [2.24, 2.45) is 0 Å². The molecule has 5 amide bonds. The fourth-order valence-electron chi connectivity index (χ4n) is 3.80. The second kappa shape index (κ2) is 10.9. The molecule has 1 aromatic rings. The van der Waals surface area contributed by atoms with Crippen molar-refractivity contribution in [1.29, 1.82) is 0 Å². The minimum atomic E-state index is -1.03. The lowest BCUT2D eigenvalue weighted by Gasteiger charge is -2.34. The van der Waals surface area contributed by atoms with E-state index in [0.29, 0.717) is 22.9 Å². The summed E-state index contributed by atoms with van der Waals surface area (Å²) in [6, 6.07) is 5.58. The monoisotopic (exact) mass is 489 g/mol. The average Bonchev–Trinajstić information content (AvgIpc) is 3.13. The molecular weight excluding hydrogens is 458 g/mol. The summed E-state index contributed by atoms with van der Waals surface area (Å²) in [5.41, 5.74) is -0.247. The molecule has 2 fully saturated rings. The van der Waals surface area contributed by atoms with E-state index in [1.807, 2.05) is 0 Å². The lowest BCUT2D eigenvalue weighted by Crippen LogP contribution is -2.57. The molecule has 1 atom stereocenters. The van der Waals surface area contributed by atoms with Crippen LogP contribution in [-0.2, 0) is 23.9 Å². The van der Waals surface area contributed by atoms with Gasteiger partial charge in [0.05, 0.1) is 6.61 Å². The Balaban J connectivity index is 1.60. The number of Topliss-reactive ketones (excluding diaryl/α,β-unsaturated/α-hetero) is 1. The van der Waals surface area contributed by atoms with Gasteiger partial charge in [-0.15, -0.1) is 0 Å². The average molecular weight is 490 g/mol. The topological polar surface area (TPSA) is 123 Å². The fourth-order valence-corrected chi connectivity index (χ4v) is 3.80. The van der Waals surface area contributed by atoms with Crippen molar-refractivity contribution in [1.82, 2.24) is 9.80 Å². The molecule has 0 N–H and O–H groups in total. The summed E-state index contributed by atoms with van der Waals surface area (Å²) < 4.78 is 15.9. The van der Waals surface area contributed by atoms with E-state index in [0.717, 1.165) is 0 Å². The Hall–Kier alpha value is -3.47. The molecule has 0 aromatic heterocycles. The number of likely N-dealkylation sites (tertiary alicyclic amines) is 1. The molecule has 1 unspecified atom stereocenters. The summed E-state index contributed by atoms with van der Waals surface area (Å²) >= 11 is 0. The van der Waals surface area contributed by atoms with E-state index < -0.39 is 29.6 Å². The molecule has 2 aliphatic rings. The molecule has 35 heavy (non-hydrogen) atoms. The van der Waals surface area contributed by atoms with Crippen LogP contribution < -0.4 is 9.64 Å². The van der Waals surface area contributed by atoms with Crippen molar-refractivity contribution in [3.8, 4) is 5.75 Å². The number of rotatable bonds is 8. The van der Waals surface area contributed by atoms with Crippen molar-refractivity contribution in [3.05, 3.63) is 24.3 Å². The molecule has 0 radical (unpaired) electrons. The van der Waals surface area contributed by atoms with Gasteiger partial charge in [-0.3, -0.25) is 19.3 Å². The summed E-state index contributed by atoms with van der Waals surface area (Å²) in [4.78, 5) is 65.2. The van der Waals surface area contributed by atoms with Gasteiger partial charge in [0.15, 0.2) is 5.78 Å². The lowest BCUT2D eigenvalue weighted by atomic mass is 10.0. The molecular formula is C24H31N3O8. The maximum Gasteiger partial charge on any atom is 0.424 e. The molecule has 3 rings (SSSR count). The first kappa shape index (κ1) is 26.1. The number of urea groups is 1. The zero-order valence-corrected chi connectivity index (χ0v) is 20.4. The number of piperidine rings is 1. The molecule has 2 heterocycles. The number of ketones is 1. The molecule has 0 saturated carbocycles. The van der Waals surface area contributed by atoms with Crippen LogP contribution in [-0.4, -0.2) is 84.1 Å². The number of imide groups is 3. The number of benzene rings is 1. The maximum absolute atomic E-state index is 13.1. The number of hydrogen-bond acceptors (Lipinski definition) is 8. The minimum Gasteiger partial charge on any atom is -0.491 e. The van der Waals surface area contributed by atoms with Crippen LogP contribution in [0.4, 0.5) is 15.3 Å². The van der Waals surface area contributed by atoms with Crippen LogP contribution in [0.2, 0.25) is 0 Å². The molecule has 0 aliphatic carbocycles. The van der Waals surface area contributed by atoms with Crippen LogP contribution in [0.15, 0.2) is 24.3 Å². The Morgan fingerprint density at radius 2 is 1.71 bits per heavy atom. The molecule has 0 bridgehead atoms. The fraction of sp³-hybridized carbons (Fsp3) is 0.542. The lowest BCUT2D eigenvalue weighted by molar-refractivity contribution is -0.150. The molecule has 0 spiro atoms. The molecule has 190 valence electrons. The first-order valence-corrected chi connectivity index (χ1v) is 11.5. The van der Waals surface area contributed by atoms with Crippen LogP contribution in [0.1, 0.15) is 40.5 Å². The van der Waals surface area contributed by atoms with Crippen LogP contribution in [0.3, 0.4) is 0 Å². The molecule has 2 aliphatic heterocycles. The van der Waals surface area contributed by atoms with Crippen molar-refractivity contribution >= 4 is 35.4 Å². The standard InChI is InChI=1S/C24H31N3O8/c1-16(28)15-33-13-14-34-18-7-5-17(6-8-18)25-11-12-26(22(25)31)19-9-10-20(29)27(21(19)30)23(32)35-24(2,3)4/h5-8,19H,9-15H2,1-4H3. The van der Waals surface area contributed by atoms with Crippen LogP contribution in [0, 0.1) is 0 Å². The zero-order valence-electron chi connectivity index (χ0n) is 20.4. The Kier molecular flexibility index (Phi) is 8.11. The van der Waals surface area contributed by atoms with Crippen LogP contribution >= 0.6 is 0 Å². The molecule has 11 nitrogen and oxygen atoms in total. The quantitative estimate of drug-likeness (QED) is 0.403. The van der Waals surface area contributed by atoms with Gasteiger partial charge in [0.2, 0.25) is 5.91 Å². The van der Waals surface area contributed by atoms with E-state index in [1.54, 1.807) is 45.0 Å². The number of hydrogen-bond donors (Lipinski definition) is 0. The highest BCUT2D eigenvalue weighted by Crippen LogP contribution is 2.28. The Morgan fingerprint density at radius 1 is 1.03 bits per heavy atom. The summed E-state index contributed by atoms with van der Waals surface area (Å²) in [5.74, 6) is -0.858. The van der Waals surface area contributed by atoms with E-state index in [2.05, 4.69) is 0 Å². The predicted molar refractivity (Wildman–Crippen MR) is 124 cm³/mol. The van der Waals surface area contributed by atoms with Crippen molar-refractivity contribution in [3.63, 3.8) is 0 Å². The van der Waals surface area contributed by atoms with Gasteiger partial charge < -0.3 is 19.1 Å². The third-order valence-corrected chi connectivity index (χ3v) is 5.33. The van der Waals surface area contributed by atoms with Crippen LogP contribution in [0.25, 0.3) is 0 Å². The predicted octanol–water partition coefficient (Wildman–Crippen LogP) is 2.37. The summed E-state index contributed by atoms with van der Waals surface area (Å²) in [6.07, 6.45) is -0.917. The van der Waals surface area contributed by atoms with Gasteiger partial charge >= 0.3 is 12.1 Å². The largest absolute Gasteiger partial charge is 0.491 e. The van der Waals surface area contributed by atoms with Crippen molar-refractivity contribution in [2.75, 3.05) is 37.8 Å². The molecule has 2 saturated heterocycles. The number of ether oxygens (including phenoxy) is 3. The van der Waals surface area contributed by atoms with E-state index in [1.165, 1.54) is 16.7 Å². The number of nitrogens with zero attached hydrogens (tertiary/aromatic N) is 3. The normalized spacial score (nSPS) is 18.8. The highest BCUT2D eigenvalue weighted by molar-refractivity contribution is 6.13. The highest BCUT2D eigenvalue weighted by Gasteiger charge is 2.46. The van der Waals surface area contributed by atoms with Gasteiger partial charge in [-0.25, -0.2) is 9.59 Å². The highest BCUT2D eigenvalue weighted by atomic mass is 16.6. The third kappa shape index (κ3) is 6.56. The zero-order chi connectivity index (χ0) is 25.8. The van der Waals surface area contributed by atoms with E-state index in [9.17, 15) is 24.0 Å². The number of carbonyl (C=O) groups excluding carboxylic acids is 5. The SMILES string of the molecule is CC(=O)COCCOc1ccc(N2CCN(C3CCC(=O)N(C(=O)OC(C)(C)C)C3=O)C2=O)cc1. The van der Waals surface area contributed by atoms with Crippen molar-refractivity contribution < 1.29 is 38.2 Å².